The molecule has 0 atom stereocenters. The highest BCUT2D eigenvalue weighted by Gasteiger charge is 2.25. The van der Waals surface area contributed by atoms with Crippen molar-refractivity contribution >= 4 is 16.7 Å². The van der Waals surface area contributed by atoms with E-state index in [0.717, 1.165) is 28.1 Å². The average molecular weight is 435 g/mol. The summed E-state index contributed by atoms with van der Waals surface area (Å²) in [5.41, 5.74) is 3.30. The fraction of sp³-hybridized carbons (Fsp3) is 0.160. The number of halogens is 2. The molecule has 0 unspecified atom stereocenters. The molecule has 32 heavy (non-hydrogen) atoms. The smallest absolute Gasteiger partial charge is 0.336 e. The summed E-state index contributed by atoms with van der Waals surface area (Å²) in [6, 6.07) is 14.2. The van der Waals surface area contributed by atoms with Crippen LogP contribution in [0.1, 0.15) is 11.1 Å². The number of nitrogens with zero attached hydrogens (tertiary/aromatic N) is 1. The van der Waals surface area contributed by atoms with Crippen molar-refractivity contribution in [1.29, 1.82) is 0 Å². The summed E-state index contributed by atoms with van der Waals surface area (Å²) in [4.78, 5) is 14.0. The van der Waals surface area contributed by atoms with Crippen molar-refractivity contribution in [2.24, 2.45) is 0 Å². The van der Waals surface area contributed by atoms with Crippen molar-refractivity contribution < 1.29 is 22.7 Å². The van der Waals surface area contributed by atoms with Gasteiger partial charge in [0, 0.05) is 35.2 Å². The monoisotopic (exact) mass is 435 g/mol. The molecule has 0 radical (unpaired) electrons. The minimum Gasteiger partial charge on any atom is -0.497 e. The minimum absolute atomic E-state index is 0.0876. The normalized spacial score (nSPS) is 13.1. The van der Waals surface area contributed by atoms with Crippen LogP contribution in [0.5, 0.6) is 11.5 Å². The zero-order chi connectivity index (χ0) is 22.4. The van der Waals surface area contributed by atoms with Gasteiger partial charge in [0.1, 0.15) is 28.7 Å². The summed E-state index contributed by atoms with van der Waals surface area (Å²) in [6.45, 7) is 2.27. The van der Waals surface area contributed by atoms with Crippen LogP contribution in [0.15, 0.2) is 63.8 Å². The van der Waals surface area contributed by atoms with E-state index >= 15 is 0 Å². The molecular weight excluding hydrogens is 416 g/mol. The Morgan fingerprint density at radius 3 is 2.53 bits per heavy atom. The van der Waals surface area contributed by atoms with E-state index in [2.05, 4.69) is 0 Å². The first-order valence-electron chi connectivity index (χ1n) is 10.0. The molecule has 0 amide bonds. The molecule has 0 fully saturated rings. The predicted octanol–water partition coefficient (Wildman–Crippen LogP) is 5.41. The van der Waals surface area contributed by atoms with E-state index in [-0.39, 0.29) is 12.4 Å². The molecule has 0 saturated heterocycles. The lowest BCUT2D eigenvalue weighted by molar-refractivity contribution is 0.285. The predicted molar refractivity (Wildman–Crippen MR) is 117 cm³/mol. The van der Waals surface area contributed by atoms with Crippen LogP contribution in [0.2, 0.25) is 0 Å². The molecule has 0 N–H and O–H groups in total. The highest BCUT2D eigenvalue weighted by Crippen LogP contribution is 2.39. The molecule has 5 rings (SSSR count). The molecular formula is C25H19F2NO4. The maximum absolute atomic E-state index is 14.3. The summed E-state index contributed by atoms with van der Waals surface area (Å²) < 4.78 is 44.3. The molecule has 0 bridgehead atoms. The highest BCUT2D eigenvalue weighted by atomic mass is 19.1. The minimum atomic E-state index is -0.653. The number of aryl methyl sites for hydroxylation is 1. The Kier molecular flexibility index (Phi) is 4.81. The van der Waals surface area contributed by atoms with Gasteiger partial charge in [0.05, 0.1) is 12.8 Å². The summed E-state index contributed by atoms with van der Waals surface area (Å²) >= 11 is 0. The SMILES string of the molecule is COc1ccc(-c2cc(=O)oc3c(C)c4c(cc23)CN(c2ccc(F)cc2F)CO4)cc1. The number of hydrogen-bond donors (Lipinski definition) is 0. The Hall–Kier alpha value is -3.87. The second-order valence-electron chi connectivity index (χ2n) is 7.64. The molecule has 0 spiro atoms. The van der Waals surface area contributed by atoms with Gasteiger partial charge in [-0.05, 0) is 48.4 Å². The van der Waals surface area contributed by atoms with Gasteiger partial charge in [-0.1, -0.05) is 12.1 Å². The Bertz CT molecular complexity index is 1400. The van der Waals surface area contributed by atoms with Crippen molar-refractivity contribution in [1.82, 2.24) is 0 Å². The van der Waals surface area contributed by atoms with Gasteiger partial charge >= 0.3 is 5.63 Å². The first kappa shape index (κ1) is 20.1. The Balaban J connectivity index is 1.64. The largest absolute Gasteiger partial charge is 0.497 e. The second-order valence-corrected chi connectivity index (χ2v) is 7.64. The molecule has 7 heteroatoms. The van der Waals surface area contributed by atoms with Crippen molar-refractivity contribution in [2.75, 3.05) is 18.7 Å². The third-order valence-electron chi connectivity index (χ3n) is 5.67. The first-order chi connectivity index (χ1) is 15.4. The maximum Gasteiger partial charge on any atom is 0.336 e. The molecule has 1 aromatic heterocycles. The quantitative estimate of drug-likeness (QED) is 0.403. The number of methoxy groups -OCH3 is 1. The molecule has 1 aliphatic heterocycles. The van der Waals surface area contributed by atoms with E-state index in [4.69, 9.17) is 13.9 Å². The number of fused-ring (bicyclic) bond motifs is 2. The van der Waals surface area contributed by atoms with Crippen LogP contribution in [0.3, 0.4) is 0 Å². The van der Waals surface area contributed by atoms with Gasteiger partial charge in [-0.2, -0.15) is 0 Å². The molecule has 4 aromatic rings. The van der Waals surface area contributed by atoms with Crippen LogP contribution in [-0.4, -0.2) is 13.8 Å². The van der Waals surface area contributed by atoms with Gasteiger partial charge in [0.15, 0.2) is 6.73 Å². The first-order valence-corrected chi connectivity index (χ1v) is 10.0. The number of hydrogen-bond acceptors (Lipinski definition) is 5. The average Bonchev–Trinajstić information content (AvgIpc) is 2.79. The maximum atomic E-state index is 14.3. The van der Waals surface area contributed by atoms with Gasteiger partial charge in [-0.15, -0.1) is 0 Å². The number of ether oxygens (including phenoxy) is 2. The highest BCUT2D eigenvalue weighted by molar-refractivity contribution is 5.96. The topological polar surface area (TPSA) is 51.9 Å². The standard InChI is InChI=1S/C25H19F2NO4/c1-14-24-16(12-28(13-31-24)22-8-5-17(26)10-21(22)27)9-20-19(11-23(29)32-25(14)20)15-3-6-18(30-2)7-4-15/h3-11H,12-13H2,1-2H3. The van der Waals surface area contributed by atoms with E-state index in [1.807, 2.05) is 37.3 Å². The van der Waals surface area contributed by atoms with E-state index in [0.29, 0.717) is 29.2 Å². The van der Waals surface area contributed by atoms with Gasteiger partial charge in [0.25, 0.3) is 0 Å². The van der Waals surface area contributed by atoms with Gasteiger partial charge in [-0.25, -0.2) is 13.6 Å². The van der Waals surface area contributed by atoms with Crippen LogP contribution < -0.4 is 20.0 Å². The Morgan fingerprint density at radius 2 is 1.81 bits per heavy atom. The summed E-state index contributed by atoms with van der Waals surface area (Å²) in [7, 11) is 1.59. The van der Waals surface area contributed by atoms with Gasteiger partial charge < -0.3 is 18.8 Å². The van der Waals surface area contributed by atoms with Gasteiger partial charge in [-0.3, -0.25) is 0 Å². The fourth-order valence-electron chi connectivity index (χ4n) is 4.12. The zero-order valence-corrected chi connectivity index (χ0v) is 17.4. The fourth-order valence-corrected chi connectivity index (χ4v) is 4.12. The molecule has 0 saturated carbocycles. The summed E-state index contributed by atoms with van der Waals surface area (Å²) in [5, 5.41) is 0.746. The van der Waals surface area contributed by atoms with E-state index in [1.165, 1.54) is 18.2 Å². The van der Waals surface area contributed by atoms with E-state index in [1.54, 1.807) is 12.0 Å². The lowest BCUT2D eigenvalue weighted by atomic mass is 9.96. The summed E-state index contributed by atoms with van der Waals surface area (Å²) in [6.07, 6.45) is 0. The van der Waals surface area contributed by atoms with E-state index < -0.39 is 17.3 Å². The Labute approximate surface area is 182 Å². The van der Waals surface area contributed by atoms with Crippen molar-refractivity contribution in [3.63, 3.8) is 0 Å². The van der Waals surface area contributed by atoms with Crippen LogP contribution in [-0.2, 0) is 6.54 Å². The number of rotatable bonds is 3. The third-order valence-corrected chi connectivity index (χ3v) is 5.67. The molecule has 5 nitrogen and oxygen atoms in total. The van der Waals surface area contributed by atoms with Crippen LogP contribution >= 0.6 is 0 Å². The molecule has 0 aliphatic carbocycles. The molecule has 3 aromatic carbocycles. The lowest BCUT2D eigenvalue weighted by Gasteiger charge is -2.32. The lowest BCUT2D eigenvalue weighted by Crippen LogP contribution is -2.33. The van der Waals surface area contributed by atoms with Crippen molar-refractivity contribution in [3.05, 3.63) is 87.8 Å². The van der Waals surface area contributed by atoms with E-state index in [9.17, 15) is 13.6 Å². The molecule has 162 valence electrons. The van der Waals surface area contributed by atoms with Crippen LogP contribution in [0, 0.1) is 18.6 Å². The Morgan fingerprint density at radius 1 is 1.03 bits per heavy atom. The third kappa shape index (κ3) is 3.36. The number of anilines is 1. The number of benzene rings is 3. The zero-order valence-electron chi connectivity index (χ0n) is 17.4. The van der Waals surface area contributed by atoms with Crippen molar-refractivity contribution in [2.45, 2.75) is 13.5 Å². The van der Waals surface area contributed by atoms with Crippen LogP contribution in [0.25, 0.3) is 22.1 Å². The molecule has 1 aliphatic rings. The molecule has 2 heterocycles. The van der Waals surface area contributed by atoms with Crippen LogP contribution in [0.4, 0.5) is 14.5 Å². The summed E-state index contributed by atoms with van der Waals surface area (Å²) in [5.74, 6) is 0.0244. The van der Waals surface area contributed by atoms with Crippen molar-refractivity contribution in [3.8, 4) is 22.6 Å². The van der Waals surface area contributed by atoms with Gasteiger partial charge in [0.2, 0.25) is 0 Å². The second kappa shape index (κ2) is 7.67.